The molecule has 0 heterocycles. The van der Waals surface area contributed by atoms with Crippen LogP contribution in [0.25, 0.3) is 0 Å². The monoisotopic (exact) mass is 289 g/mol. The minimum Gasteiger partial charge on any atom is -0.444 e. The van der Waals surface area contributed by atoms with Gasteiger partial charge in [-0.3, -0.25) is 5.32 Å². The molecule has 0 bridgehead atoms. The number of rotatable bonds is 3. The first-order chi connectivity index (χ1) is 8.74. The maximum atomic E-state index is 13.9. The standard InChI is InChI=1S/C13H17ClFNO3/c1-13(2,3)19-12(18)16-11-8(6-7-17)4-5-9(14)10(11)15/h4-5,17H,6-7H2,1-3H3,(H,16,18). The third kappa shape index (κ3) is 4.69. The Morgan fingerprint density at radius 1 is 1.47 bits per heavy atom. The molecule has 0 aliphatic heterocycles. The summed E-state index contributed by atoms with van der Waals surface area (Å²) in [4.78, 5) is 11.6. The van der Waals surface area contributed by atoms with Crippen molar-refractivity contribution in [1.29, 1.82) is 0 Å². The number of halogens is 2. The van der Waals surface area contributed by atoms with E-state index in [1.165, 1.54) is 6.07 Å². The van der Waals surface area contributed by atoms with Crippen LogP contribution < -0.4 is 5.32 Å². The van der Waals surface area contributed by atoms with Gasteiger partial charge in [0.05, 0.1) is 10.7 Å². The highest BCUT2D eigenvalue weighted by molar-refractivity contribution is 6.31. The van der Waals surface area contributed by atoms with E-state index in [0.717, 1.165) is 0 Å². The number of nitrogens with one attached hydrogen (secondary N) is 1. The maximum Gasteiger partial charge on any atom is 0.412 e. The van der Waals surface area contributed by atoms with Gasteiger partial charge in [0.25, 0.3) is 0 Å². The molecule has 0 atom stereocenters. The SMILES string of the molecule is CC(C)(C)OC(=O)Nc1c(CCO)ccc(Cl)c1F. The molecule has 0 saturated carbocycles. The molecule has 0 aliphatic rings. The number of ether oxygens (including phenoxy) is 1. The molecular formula is C13H17ClFNO3. The van der Waals surface area contributed by atoms with Crippen LogP contribution in [0.5, 0.6) is 0 Å². The van der Waals surface area contributed by atoms with Crippen LogP contribution in [0.15, 0.2) is 12.1 Å². The van der Waals surface area contributed by atoms with Crippen molar-refractivity contribution >= 4 is 23.4 Å². The first-order valence-corrected chi connectivity index (χ1v) is 6.20. The maximum absolute atomic E-state index is 13.9. The van der Waals surface area contributed by atoms with E-state index in [2.05, 4.69) is 5.32 Å². The number of carbonyl (C=O) groups excluding carboxylic acids is 1. The summed E-state index contributed by atoms with van der Waals surface area (Å²) in [5.41, 5.74) is -0.290. The largest absolute Gasteiger partial charge is 0.444 e. The molecule has 4 nitrogen and oxygen atoms in total. The molecule has 2 N–H and O–H groups in total. The molecule has 0 saturated heterocycles. The van der Waals surface area contributed by atoms with Crippen molar-refractivity contribution in [3.63, 3.8) is 0 Å². The molecule has 0 aliphatic carbocycles. The second-order valence-corrected chi connectivity index (χ2v) is 5.40. The second-order valence-electron chi connectivity index (χ2n) is 5.00. The molecule has 1 aromatic rings. The Labute approximate surface area is 116 Å². The van der Waals surface area contributed by atoms with Crippen molar-refractivity contribution in [2.75, 3.05) is 11.9 Å². The van der Waals surface area contributed by atoms with Crippen molar-refractivity contribution < 1.29 is 19.0 Å². The summed E-state index contributed by atoms with van der Waals surface area (Å²) in [5.74, 6) is -0.738. The molecule has 0 radical (unpaired) electrons. The Morgan fingerprint density at radius 2 is 2.11 bits per heavy atom. The third-order valence-corrected chi connectivity index (χ3v) is 2.48. The highest BCUT2D eigenvalue weighted by atomic mass is 35.5. The first kappa shape index (κ1) is 15.7. The van der Waals surface area contributed by atoms with Crippen molar-refractivity contribution in [3.8, 4) is 0 Å². The number of carbonyl (C=O) groups is 1. The molecule has 0 spiro atoms. The van der Waals surface area contributed by atoms with Gasteiger partial charge in [-0.15, -0.1) is 0 Å². The molecule has 6 heteroatoms. The molecule has 1 amide bonds. The van der Waals surface area contributed by atoms with Gasteiger partial charge in [0.15, 0.2) is 5.82 Å². The summed E-state index contributed by atoms with van der Waals surface area (Å²) in [5, 5.41) is 11.2. The van der Waals surface area contributed by atoms with Crippen molar-refractivity contribution in [2.24, 2.45) is 0 Å². The Balaban J connectivity index is 2.98. The van der Waals surface area contributed by atoms with Crippen molar-refractivity contribution in [3.05, 3.63) is 28.5 Å². The summed E-state index contributed by atoms with van der Waals surface area (Å²) in [6.45, 7) is 4.95. The van der Waals surface area contributed by atoms with Gasteiger partial charge in [-0.1, -0.05) is 17.7 Å². The number of anilines is 1. The summed E-state index contributed by atoms with van der Waals surface area (Å²) >= 11 is 5.67. The zero-order valence-corrected chi connectivity index (χ0v) is 11.8. The van der Waals surface area contributed by atoms with Gasteiger partial charge >= 0.3 is 6.09 Å². The van der Waals surface area contributed by atoms with Crippen LogP contribution in [0.4, 0.5) is 14.9 Å². The average Bonchev–Trinajstić information content (AvgIpc) is 2.26. The molecular weight excluding hydrogens is 273 g/mol. The van der Waals surface area contributed by atoms with Gasteiger partial charge in [-0.05, 0) is 38.8 Å². The molecule has 0 fully saturated rings. The van der Waals surface area contributed by atoms with Crippen LogP contribution >= 0.6 is 11.6 Å². The van der Waals surface area contributed by atoms with Crippen LogP contribution in [0.2, 0.25) is 5.02 Å². The fourth-order valence-corrected chi connectivity index (χ4v) is 1.62. The van der Waals surface area contributed by atoms with Crippen LogP contribution in [0.1, 0.15) is 26.3 Å². The molecule has 1 aromatic carbocycles. The van der Waals surface area contributed by atoms with E-state index in [-0.39, 0.29) is 23.7 Å². The molecule has 106 valence electrons. The summed E-state index contributed by atoms with van der Waals surface area (Å²) in [6, 6.07) is 2.93. The Bertz CT molecular complexity index is 472. The van der Waals surface area contributed by atoms with E-state index in [1.54, 1.807) is 26.8 Å². The zero-order chi connectivity index (χ0) is 14.6. The van der Waals surface area contributed by atoms with Gasteiger partial charge in [-0.25, -0.2) is 9.18 Å². The molecule has 0 unspecified atom stereocenters. The number of hydrogen-bond acceptors (Lipinski definition) is 3. The Morgan fingerprint density at radius 3 is 2.63 bits per heavy atom. The van der Waals surface area contributed by atoms with E-state index >= 15 is 0 Å². The topological polar surface area (TPSA) is 58.6 Å². The van der Waals surface area contributed by atoms with Gasteiger partial charge in [0.1, 0.15) is 5.60 Å². The van der Waals surface area contributed by atoms with Crippen LogP contribution in [-0.4, -0.2) is 23.4 Å². The molecule has 0 aromatic heterocycles. The smallest absolute Gasteiger partial charge is 0.412 e. The number of hydrogen-bond donors (Lipinski definition) is 2. The van der Waals surface area contributed by atoms with Crippen molar-refractivity contribution in [1.82, 2.24) is 0 Å². The predicted octanol–water partition coefficient (Wildman–Crippen LogP) is 3.36. The van der Waals surface area contributed by atoms with Crippen LogP contribution in [-0.2, 0) is 11.2 Å². The summed E-state index contributed by atoms with van der Waals surface area (Å²) in [7, 11) is 0. The van der Waals surface area contributed by atoms with Crippen LogP contribution in [0, 0.1) is 5.82 Å². The van der Waals surface area contributed by atoms with E-state index < -0.39 is 17.5 Å². The highest BCUT2D eigenvalue weighted by Crippen LogP contribution is 2.27. The van der Waals surface area contributed by atoms with E-state index in [1.807, 2.05) is 0 Å². The fourth-order valence-electron chi connectivity index (χ4n) is 1.46. The lowest BCUT2D eigenvalue weighted by atomic mass is 10.1. The minimum atomic E-state index is -0.771. The molecule has 1 rings (SSSR count). The third-order valence-electron chi connectivity index (χ3n) is 2.19. The van der Waals surface area contributed by atoms with E-state index in [0.29, 0.717) is 5.56 Å². The Kier molecular flexibility index (Phi) is 5.14. The Hall–Kier alpha value is -1.33. The number of benzene rings is 1. The first-order valence-electron chi connectivity index (χ1n) is 5.82. The van der Waals surface area contributed by atoms with Gasteiger partial charge in [-0.2, -0.15) is 0 Å². The van der Waals surface area contributed by atoms with E-state index in [9.17, 15) is 9.18 Å². The van der Waals surface area contributed by atoms with Crippen LogP contribution in [0.3, 0.4) is 0 Å². The van der Waals surface area contributed by atoms with Gasteiger partial charge in [0.2, 0.25) is 0 Å². The quantitative estimate of drug-likeness (QED) is 0.897. The van der Waals surface area contributed by atoms with Gasteiger partial charge in [0, 0.05) is 6.61 Å². The highest BCUT2D eigenvalue weighted by Gasteiger charge is 2.20. The predicted molar refractivity (Wildman–Crippen MR) is 72.1 cm³/mol. The lowest BCUT2D eigenvalue weighted by Crippen LogP contribution is -2.28. The van der Waals surface area contributed by atoms with Gasteiger partial charge < -0.3 is 9.84 Å². The number of amides is 1. The minimum absolute atomic E-state index is 0.0594. The average molecular weight is 290 g/mol. The number of aliphatic hydroxyl groups is 1. The lowest BCUT2D eigenvalue weighted by Gasteiger charge is -2.20. The van der Waals surface area contributed by atoms with Crippen molar-refractivity contribution in [2.45, 2.75) is 32.8 Å². The summed E-state index contributed by atoms with van der Waals surface area (Å²) in [6.07, 6.45) is -0.563. The van der Waals surface area contributed by atoms with E-state index in [4.69, 9.17) is 21.4 Å². The zero-order valence-electron chi connectivity index (χ0n) is 11.1. The fraction of sp³-hybridized carbons (Fsp3) is 0.462. The normalized spacial score (nSPS) is 11.3. The summed E-state index contributed by atoms with van der Waals surface area (Å²) < 4.78 is 18.9. The number of aliphatic hydroxyl groups excluding tert-OH is 1. The molecule has 19 heavy (non-hydrogen) atoms. The second kappa shape index (κ2) is 6.21. The lowest BCUT2D eigenvalue weighted by molar-refractivity contribution is 0.0635.